The number of carbonyl (C=O) groups excluding carboxylic acids is 1. The highest BCUT2D eigenvalue weighted by molar-refractivity contribution is 6.06. The molecule has 0 radical (unpaired) electrons. The number of aromatic amines is 1. The monoisotopic (exact) mass is 366 g/mol. The third kappa shape index (κ3) is 4.16. The SMILES string of the molecule is CC(C)N(C(=O)c1ccccc1F)c1cccc(N(C)Cc2cnc[nH]2)c1. The molecule has 0 aliphatic carbocycles. The topological polar surface area (TPSA) is 52.2 Å². The van der Waals surface area contributed by atoms with Gasteiger partial charge in [-0.15, -0.1) is 0 Å². The molecule has 0 saturated heterocycles. The molecule has 0 bridgehead atoms. The Morgan fingerprint density at radius 1 is 1.15 bits per heavy atom. The lowest BCUT2D eigenvalue weighted by Crippen LogP contribution is -2.37. The molecule has 1 amide bonds. The fourth-order valence-electron chi connectivity index (χ4n) is 3.01. The van der Waals surface area contributed by atoms with Gasteiger partial charge in [0.2, 0.25) is 0 Å². The molecule has 0 atom stereocenters. The number of amides is 1. The molecule has 0 fully saturated rings. The number of rotatable bonds is 6. The van der Waals surface area contributed by atoms with Crippen LogP contribution in [0.4, 0.5) is 15.8 Å². The van der Waals surface area contributed by atoms with Crippen molar-refractivity contribution in [1.29, 1.82) is 0 Å². The fraction of sp³-hybridized carbons (Fsp3) is 0.238. The van der Waals surface area contributed by atoms with Gasteiger partial charge in [0, 0.05) is 30.7 Å². The van der Waals surface area contributed by atoms with Crippen LogP contribution in [-0.4, -0.2) is 29.0 Å². The van der Waals surface area contributed by atoms with E-state index in [1.54, 1.807) is 29.6 Å². The third-order valence-electron chi connectivity index (χ3n) is 4.35. The predicted molar refractivity (Wildman–Crippen MR) is 105 cm³/mol. The van der Waals surface area contributed by atoms with E-state index in [2.05, 4.69) is 14.9 Å². The zero-order chi connectivity index (χ0) is 19.4. The lowest BCUT2D eigenvalue weighted by atomic mass is 10.1. The maximum absolute atomic E-state index is 14.1. The van der Waals surface area contributed by atoms with E-state index >= 15 is 0 Å². The van der Waals surface area contributed by atoms with Gasteiger partial charge in [-0.25, -0.2) is 9.37 Å². The highest BCUT2D eigenvalue weighted by Gasteiger charge is 2.23. The summed E-state index contributed by atoms with van der Waals surface area (Å²) in [5, 5.41) is 0. The lowest BCUT2D eigenvalue weighted by Gasteiger charge is -2.28. The summed E-state index contributed by atoms with van der Waals surface area (Å²) in [7, 11) is 1.97. The van der Waals surface area contributed by atoms with Crippen molar-refractivity contribution in [2.45, 2.75) is 26.4 Å². The van der Waals surface area contributed by atoms with Crippen LogP contribution in [-0.2, 0) is 6.54 Å². The summed E-state index contributed by atoms with van der Waals surface area (Å²) in [6, 6.07) is 13.6. The summed E-state index contributed by atoms with van der Waals surface area (Å²) in [5.41, 5.74) is 2.75. The minimum Gasteiger partial charge on any atom is -0.369 e. The molecule has 6 heteroatoms. The van der Waals surface area contributed by atoms with Crippen molar-refractivity contribution in [2.75, 3.05) is 16.8 Å². The van der Waals surface area contributed by atoms with Gasteiger partial charge >= 0.3 is 0 Å². The number of benzene rings is 2. The van der Waals surface area contributed by atoms with Crippen LogP contribution in [0, 0.1) is 5.82 Å². The van der Waals surface area contributed by atoms with Crippen molar-refractivity contribution in [1.82, 2.24) is 9.97 Å². The van der Waals surface area contributed by atoms with Crippen LogP contribution in [0.1, 0.15) is 29.9 Å². The van der Waals surface area contributed by atoms with Gasteiger partial charge in [-0.2, -0.15) is 0 Å². The molecule has 27 heavy (non-hydrogen) atoms. The van der Waals surface area contributed by atoms with Crippen LogP contribution in [0.25, 0.3) is 0 Å². The van der Waals surface area contributed by atoms with E-state index in [0.717, 1.165) is 17.1 Å². The van der Waals surface area contributed by atoms with E-state index in [0.29, 0.717) is 6.54 Å². The van der Waals surface area contributed by atoms with Crippen LogP contribution in [0.15, 0.2) is 61.1 Å². The van der Waals surface area contributed by atoms with Gasteiger partial charge in [0.15, 0.2) is 0 Å². The summed E-state index contributed by atoms with van der Waals surface area (Å²) in [6.45, 7) is 4.49. The first-order valence-corrected chi connectivity index (χ1v) is 8.84. The number of carbonyl (C=O) groups is 1. The van der Waals surface area contributed by atoms with E-state index in [-0.39, 0.29) is 17.5 Å². The Bertz CT molecular complexity index is 908. The molecule has 5 nitrogen and oxygen atoms in total. The highest BCUT2D eigenvalue weighted by atomic mass is 19.1. The Balaban J connectivity index is 1.90. The number of hydrogen-bond acceptors (Lipinski definition) is 3. The summed E-state index contributed by atoms with van der Waals surface area (Å²) in [6.07, 6.45) is 3.43. The second-order valence-corrected chi connectivity index (χ2v) is 6.70. The van der Waals surface area contributed by atoms with Crippen LogP contribution in [0.5, 0.6) is 0 Å². The molecule has 3 aromatic rings. The molecule has 0 unspecified atom stereocenters. The average Bonchev–Trinajstić information content (AvgIpc) is 3.15. The molecule has 140 valence electrons. The number of aromatic nitrogens is 2. The number of halogens is 1. The first-order valence-electron chi connectivity index (χ1n) is 8.84. The molecule has 0 spiro atoms. The second kappa shape index (κ2) is 8.03. The van der Waals surface area contributed by atoms with E-state index in [9.17, 15) is 9.18 Å². The van der Waals surface area contributed by atoms with Crippen molar-refractivity contribution in [2.24, 2.45) is 0 Å². The normalized spacial score (nSPS) is 10.9. The standard InChI is InChI=1S/C21H23FN4O/c1-15(2)26(21(27)19-9-4-5-10-20(19)22)18-8-6-7-17(11-18)25(3)13-16-12-23-14-24-16/h4-12,14-15H,13H2,1-3H3,(H,23,24). The Labute approximate surface area is 158 Å². The van der Waals surface area contributed by atoms with Gasteiger partial charge < -0.3 is 14.8 Å². The zero-order valence-electron chi connectivity index (χ0n) is 15.7. The van der Waals surface area contributed by atoms with Crippen LogP contribution in [0.2, 0.25) is 0 Å². The number of imidazole rings is 1. The molecular weight excluding hydrogens is 343 g/mol. The van der Waals surface area contributed by atoms with Crippen LogP contribution in [0.3, 0.4) is 0 Å². The predicted octanol–water partition coefficient (Wildman–Crippen LogP) is 4.24. The smallest absolute Gasteiger partial charge is 0.261 e. The number of H-pyrrole nitrogens is 1. The minimum absolute atomic E-state index is 0.0717. The summed E-state index contributed by atoms with van der Waals surface area (Å²) in [5.74, 6) is -0.864. The van der Waals surface area contributed by atoms with Crippen LogP contribution >= 0.6 is 0 Å². The average molecular weight is 366 g/mol. The van der Waals surface area contributed by atoms with Gasteiger partial charge in [0.1, 0.15) is 5.82 Å². The Hall–Kier alpha value is -3.15. The Morgan fingerprint density at radius 3 is 2.56 bits per heavy atom. The van der Waals surface area contributed by atoms with Gasteiger partial charge in [-0.1, -0.05) is 18.2 Å². The molecule has 1 heterocycles. The van der Waals surface area contributed by atoms with Crippen LogP contribution < -0.4 is 9.80 Å². The fourth-order valence-corrected chi connectivity index (χ4v) is 3.01. The number of nitrogens with one attached hydrogen (secondary N) is 1. The minimum atomic E-state index is -0.513. The molecular formula is C21H23FN4O. The van der Waals surface area contributed by atoms with Crippen molar-refractivity contribution in [3.05, 3.63) is 78.1 Å². The van der Waals surface area contributed by atoms with Gasteiger partial charge in [-0.3, -0.25) is 4.79 Å². The zero-order valence-corrected chi connectivity index (χ0v) is 15.7. The van der Waals surface area contributed by atoms with E-state index in [1.165, 1.54) is 12.1 Å². The van der Waals surface area contributed by atoms with Gasteiger partial charge in [0.05, 0.1) is 24.1 Å². The number of nitrogens with zero attached hydrogens (tertiary/aromatic N) is 3. The molecule has 0 saturated carbocycles. The molecule has 1 aromatic heterocycles. The summed E-state index contributed by atoms with van der Waals surface area (Å²) >= 11 is 0. The van der Waals surface area contributed by atoms with Gasteiger partial charge in [0.25, 0.3) is 5.91 Å². The maximum atomic E-state index is 14.1. The third-order valence-corrected chi connectivity index (χ3v) is 4.35. The quantitative estimate of drug-likeness (QED) is 0.710. The van der Waals surface area contributed by atoms with Crippen molar-refractivity contribution in [3.63, 3.8) is 0 Å². The molecule has 0 aliphatic heterocycles. The largest absolute Gasteiger partial charge is 0.369 e. The second-order valence-electron chi connectivity index (χ2n) is 6.70. The number of hydrogen-bond donors (Lipinski definition) is 1. The molecule has 1 N–H and O–H groups in total. The summed E-state index contributed by atoms with van der Waals surface area (Å²) in [4.78, 5) is 23.8. The van der Waals surface area contributed by atoms with Crippen molar-refractivity contribution in [3.8, 4) is 0 Å². The number of anilines is 2. The van der Waals surface area contributed by atoms with E-state index in [1.807, 2.05) is 45.2 Å². The molecule has 2 aromatic carbocycles. The Kier molecular flexibility index (Phi) is 5.54. The highest BCUT2D eigenvalue weighted by Crippen LogP contribution is 2.26. The molecule has 0 aliphatic rings. The van der Waals surface area contributed by atoms with E-state index < -0.39 is 5.82 Å². The van der Waals surface area contributed by atoms with Crippen molar-refractivity contribution >= 4 is 17.3 Å². The Morgan fingerprint density at radius 2 is 1.89 bits per heavy atom. The first kappa shape index (κ1) is 18.6. The summed E-state index contributed by atoms with van der Waals surface area (Å²) < 4.78 is 14.1. The first-order chi connectivity index (χ1) is 13.0. The molecule has 3 rings (SSSR count). The van der Waals surface area contributed by atoms with Crippen molar-refractivity contribution < 1.29 is 9.18 Å². The van der Waals surface area contributed by atoms with Gasteiger partial charge in [-0.05, 0) is 44.2 Å². The van der Waals surface area contributed by atoms with E-state index in [4.69, 9.17) is 0 Å². The lowest BCUT2D eigenvalue weighted by molar-refractivity contribution is 0.0976. The maximum Gasteiger partial charge on any atom is 0.261 e.